The topological polar surface area (TPSA) is 56.8 Å². The minimum atomic E-state index is -0.550. The minimum Gasteiger partial charge on any atom is -0.493 e. The first-order chi connectivity index (χ1) is 12.0. The molecule has 0 bridgehead atoms. The third kappa shape index (κ3) is 5.14. The number of amides is 1. The SMILES string of the molecule is COc1ccc(CCNC(=O)[C@@H](C)Oc2ccccc2C)cc1OC. The molecule has 0 heterocycles. The van der Waals surface area contributed by atoms with Gasteiger partial charge in [-0.1, -0.05) is 24.3 Å². The van der Waals surface area contributed by atoms with Crippen LogP contribution in [0.5, 0.6) is 17.2 Å². The van der Waals surface area contributed by atoms with Gasteiger partial charge in [-0.2, -0.15) is 0 Å². The van der Waals surface area contributed by atoms with Gasteiger partial charge in [0, 0.05) is 6.54 Å². The van der Waals surface area contributed by atoms with E-state index in [9.17, 15) is 4.79 Å². The molecule has 1 N–H and O–H groups in total. The van der Waals surface area contributed by atoms with Crippen molar-refractivity contribution in [3.05, 3.63) is 53.6 Å². The summed E-state index contributed by atoms with van der Waals surface area (Å²) in [5.41, 5.74) is 2.07. The van der Waals surface area contributed by atoms with Crippen molar-refractivity contribution in [1.29, 1.82) is 0 Å². The smallest absolute Gasteiger partial charge is 0.260 e. The molecule has 134 valence electrons. The molecular formula is C20H25NO4. The van der Waals surface area contributed by atoms with Crippen molar-refractivity contribution in [2.45, 2.75) is 26.4 Å². The van der Waals surface area contributed by atoms with E-state index in [4.69, 9.17) is 14.2 Å². The van der Waals surface area contributed by atoms with Crippen LogP contribution in [-0.2, 0) is 11.2 Å². The van der Waals surface area contributed by atoms with Crippen LogP contribution in [-0.4, -0.2) is 32.8 Å². The normalized spacial score (nSPS) is 11.5. The van der Waals surface area contributed by atoms with Crippen LogP contribution < -0.4 is 19.5 Å². The predicted octanol–water partition coefficient (Wildman–Crippen LogP) is 3.14. The molecule has 5 heteroatoms. The monoisotopic (exact) mass is 343 g/mol. The molecule has 0 radical (unpaired) electrons. The molecule has 2 aromatic carbocycles. The fraction of sp³-hybridized carbons (Fsp3) is 0.350. The van der Waals surface area contributed by atoms with Crippen LogP contribution in [0.1, 0.15) is 18.1 Å². The number of carbonyl (C=O) groups excluding carboxylic acids is 1. The number of hydrogen-bond acceptors (Lipinski definition) is 4. The molecule has 0 aliphatic carbocycles. The molecule has 0 aromatic heterocycles. The largest absolute Gasteiger partial charge is 0.493 e. The van der Waals surface area contributed by atoms with Gasteiger partial charge in [0.25, 0.3) is 5.91 Å². The Hall–Kier alpha value is -2.69. The summed E-state index contributed by atoms with van der Waals surface area (Å²) in [6.07, 6.45) is 0.148. The second-order valence-electron chi connectivity index (χ2n) is 5.76. The Kier molecular flexibility index (Phi) is 6.69. The van der Waals surface area contributed by atoms with E-state index < -0.39 is 6.10 Å². The lowest BCUT2D eigenvalue weighted by atomic mass is 10.1. The molecule has 0 aliphatic rings. The summed E-state index contributed by atoms with van der Waals surface area (Å²) in [6, 6.07) is 13.4. The number of methoxy groups -OCH3 is 2. The zero-order chi connectivity index (χ0) is 18.2. The molecule has 0 unspecified atom stereocenters. The highest BCUT2D eigenvalue weighted by molar-refractivity contribution is 5.80. The number of hydrogen-bond donors (Lipinski definition) is 1. The summed E-state index contributed by atoms with van der Waals surface area (Å²) in [7, 11) is 3.21. The summed E-state index contributed by atoms with van der Waals surface area (Å²) in [6.45, 7) is 4.23. The fourth-order valence-electron chi connectivity index (χ4n) is 2.44. The van der Waals surface area contributed by atoms with Crippen LogP contribution in [0.4, 0.5) is 0 Å². The van der Waals surface area contributed by atoms with Crippen molar-refractivity contribution in [1.82, 2.24) is 5.32 Å². The van der Waals surface area contributed by atoms with Crippen LogP contribution in [0, 0.1) is 6.92 Å². The molecule has 0 saturated heterocycles. The van der Waals surface area contributed by atoms with Gasteiger partial charge in [-0.15, -0.1) is 0 Å². The molecule has 2 rings (SSSR count). The summed E-state index contributed by atoms with van der Waals surface area (Å²) < 4.78 is 16.2. The fourth-order valence-corrected chi connectivity index (χ4v) is 2.44. The van der Waals surface area contributed by atoms with Gasteiger partial charge >= 0.3 is 0 Å². The van der Waals surface area contributed by atoms with Gasteiger partial charge in [0.2, 0.25) is 0 Å². The second-order valence-corrected chi connectivity index (χ2v) is 5.76. The zero-order valence-electron chi connectivity index (χ0n) is 15.2. The van der Waals surface area contributed by atoms with Gasteiger partial charge in [-0.25, -0.2) is 0 Å². The molecule has 0 spiro atoms. The van der Waals surface area contributed by atoms with Crippen molar-refractivity contribution in [3.8, 4) is 17.2 Å². The number of benzene rings is 2. The Morgan fingerprint density at radius 2 is 1.76 bits per heavy atom. The van der Waals surface area contributed by atoms with Gasteiger partial charge in [-0.05, 0) is 49.6 Å². The van der Waals surface area contributed by atoms with Crippen molar-refractivity contribution >= 4 is 5.91 Å². The summed E-state index contributed by atoms with van der Waals surface area (Å²) in [5, 5.41) is 2.90. The number of para-hydroxylation sites is 1. The maximum absolute atomic E-state index is 12.2. The van der Waals surface area contributed by atoms with E-state index in [0.29, 0.717) is 24.5 Å². The number of aryl methyl sites for hydroxylation is 1. The van der Waals surface area contributed by atoms with E-state index in [2.05, 4.69) is 5.32 Å². The molecule has 0 fully saturated rings. The van der Waals surface area contributed by atoms with E-state index >= 15 is 0 Å². The van der Waals surface area contributed by atoms with E-state index in [-0.39, 0.29) is 5.91 Å². The van der Waals surface area contributed by atoms with Gasteiger partial charge in [0.1, 0.15) is 5.75 Å². The molecule has 0 saturated carbocycles. The highest BCUT2D eigenvalue weighted by Crippen LogP contribution is 2.27. The molecule has 1 amide bonds. The third-order valence-electron chi connectivity index (χ3n) is 3.93. The highest BCUT2D eigenvalue weighted by atomic mass is 16.5. The van der Waals surface area contributed by atoms with E-state index in [1.54, 1.807) is 21.1 Å². The van der Waals surface area contributed by atoms with Crippen molar-refractivity contribution in [2.24, 2.45) is 0 Å². The van der Waals surface area contributed by atoms with Crippen LogP contribution >= 0.6 is 0 Å². The quantitative estimate of drug-likeness (QED) is 0.800. The molecule has 2 aromatic rings. The minimum absolute atomic E-state index is 0.135. The standard InChI is InChI=1S/C20H25NO4/c1-14-7-5-6-8-17(14)25-15(2)20(22)21-12-11-16-9-10-18(23-3)19(13-16)24-4/h5-10,13,15H,11-12H2,1-4H3,(H,21,22)/t15-/m1/s1. The summed E-state index contributed by atoms with van der Waals surface area (Å²) in [4.78, 5) is 12.2. The van der Waals surface area contributed by atoms with Crippen LogP contribution in [0.3, 0.4) is 0 Å². The predicted molar refractivity (Wildman–Crippen MR) is 97.5 cm³/mol. The molecule has 25 heavy (non-hydrogen) atoms. The Balaban J connectivity index is 1.84. The Morgan fingerprint density at radius 1 is 1.04 bits per heavy atom. The number of carbonyl (C=O) groups is 1. The average molecular weight is 343 g/mol. The van der Waals surface area contributed by atoms with Crippen molar-refractivity contribution in [3.63, 3.8) is 0 Å². The first kappa shape index (κ1) is 18.6. The summed E-state index contributed by atoms with van der Waals surface area (Å²) in [5.74, 6) is 1.96. The van der Waals surface area contributed by atoms with Crippen LogP contribution in [0.25, 0.3) is 0 Å². The lowest BCUT2D eigenvalue weighted by Gasteiger charge is -2.16. The van der Waals surface area contributed by atoms with Crippen molar-refractivity contribution < 1.29 is 19.0 Å². The second kappa shape index (κ2) is 8.97. The number of ether oxygens (including phenoxy) is 3. The van der Waals surface area contributed by atoms with Crippen molar-refractivity contribution in [2.75, 3.05) is 20.8 Å². The molecule has 0 aliphatic heterocycles. The summed E-state index contributed by atoms with van der Waals surface area (Å²) >= 11 is 0. The van der Waals surface area contributed by atoms with Gasteiger partial charge in [0.05, 0.1) is 14.2 Å². The lowest BCUT2D eigenvalue weighted by Crippen LogP contribution is -2.37. The highest BCUT2D eigenvalue weighted by Gasteiger charge is 2.15. The van der Waals surface area contributed by atoms with Crippen LogP contribution in [0.15, 0.2) is 42.5 Å². The molecule has 1 atom stereocenters. The first-order valence-corrected chi connectivity index (χ1v) is 8.26. The number of rotatable bonds is 8. The first-order valence-electron chi connectivity index (χ1n) is 8.26. The maximum atomic E-state index is 12.2. The Labute approximate surface area is 148 Å². The van der Waals surface area contributed by atoms with E-state index in [1.807, 2.05) is 49.4 Å². The number of nitrogens with one attached hydrogen (secondary N) is 1. The average Bonchev–Trinajstić information content (AvgIpc) is 2.63. The lowest BCUT2D eigenvalue weighted by molar-refractivity contribution is -0.127. The molecule has 5 nitrogen and oxygen atoms in total. The van der Waals surface area contributed by atoms with E-state index in [1.165, 1.54) is 0 Å². The third-order valence-corrected chi connectivity index (χ3v) is 3.93. The Bertz CT molecular complexity index is 715. The van der Waals surface area contributed by atoms with Crippen LogP contribution in [0.2, 0.25) is 0 Å². The van der Waals surface area contributed by atoms with E-state index in [0.717, 1.165) is 16.9 Å². The van der Waals surface area contributed by atoms with Gasteiger partial charge in [0.15, 0.2) is 17.6 Å². The maximum Gasteiger partial charge on any atom is 0.260 e. The van der Waals surface area contributed by atoms with Gasteiger partial charge in [-0.3, -0.25) is 4.79 Å². The van der Waals surface area contributed by atoms with Gasteiger partial charge < -0.3 is 19.5 Å². The zero-order valence-corrected chi connectivity index (χ0v) is 15.2. The molecular weight excluding hydrogens is 318 g/mol. The Morgan fingerprint density at radius 3 is 2.44 bits per heavy atom.